The standard InChI is InChI=1S/C19H24N4O/c24-18(19(7-10-20-11-8-19)23-12-4-9-21-23)22-17-14-16(17)13-15-5-2-1-3-6-15/h1-6,9,12,16-17,20H,7-8,10-11,13-14H2,(H,22,24). The summed E-state index contributed by atoms with van der Waals surface area (Å²) in [4.78, 5) is 13.1. The molecule has 1 aromatic carbocycles. The lowest BCUT2D eigenvalue weighted by atomic mass is 9.87. The molecule has 2 aliphatic rings. The molecule has 1 aliphatic carbocycles. The van der Waals surface area contributed by atoms with Gasteiger partial charge in [-0.1, -0.05) is 30.3 Å². The maximum atomic E-state index is 13.1. The van der Waals surface area contributed by atoms with Gasteiger partial charge in [0, 0.05) is 18.4 Å². The Balaban J connectivity index is 1.42. The molecule has 24 heavy (non-hydrogen) atoms. The Kier molecular flexibility index (Phi) is 4.10. The second-order valence-corrected chi connectivity index (χ2v) is 7.00. The van der Waals surface area contributed by atoms with Crippen molar-refractivity contribution < 1.29 is 4.79 Å². The van der Waals surface area contributed by atoms with Crippen LogP contribution in [0.15, 0.2) is 48.8 Å². The molecule has 1 saturated heterocycles. The third-order valence-electron chi connectivity index (χ3n) is 5.38. The van der Waals surface area contributed by atoms with Gasteiger partial charge in [-0.25, -0.2) is 0 Å². The van der Waals surface area contributed by atoms with E-state index in [1.807, 2.05) is 23.0 Å². The summed E-state index contributed by atoms with van der Waals surface area (Å²) in [5.74, 6) is 0.695. The molecule has 2 heterocycles. The van der Waals surface area contributed by atoms with Crippen molar-refractivity contribution in [3.05, 3.63) is 54.4 Å². The average molecular weight is 324 g/mol. The molecule has 1 aliphatic heterocycles. The molecule has 0 spiro atoms. The first-order valence-electron chi connectivity index (χ1n) is 8.84. The van der Waals surface area contributed by atoms with Crippen LogP contribution >= 0.6 is 0 Å². The van der Waals surface area contributed by atoms with Gasteiger partial charge >= 0.3 is 0 Å². The first kappa shape index (κ1) is 15.4. The van der Waals surface area contributed by atoms with E-state index in [2.05, 4.69) is 40.0 Å². The molecule has 2 atom stereocenters. The zero-order valence-corrected chi connectivity index (χ0v) is 13.8. The van der Waals surface area contributed by atoms with Crippen LogP contribution in [-0.2, 0) is 16.8 Å². The average Bonchev–Trinajstić information content (AvgIpc) is 3.12. The molecular weight excluding hydrogens is 300 g/mol. The van der Waals surface area contributed by atoms with E-state index in [1.54, 1.807) is 6.20 Å². The van der Waals surface area contributed by atoms with E-state index in [0.29, 0.717) is 12.0 Å². The smallest absolute Gasteiger partial charge is 0.248 e. The van der Waals surface area contributed by atoms with Crippen LogP contribution in [0.25, 0.3) is 0 Å². The highest BCUT2D eigenvalue weighted by Crippen LogP contribution is 2.36. The summed E-state index contributed by atoms with van der Waals surface area (Å²) in [5.41, 5.74) is 0.817. The Morgan fingerprint density at radius 1 is 1.25 bits per heavy atom. The molecule has 4 rings (SSSR count). The Hall–Kier alpha value is -2.14. The van der Waals surface area contributed by atoms with Gasteiger partial charge in [-0.2, -0.15) is 5.10 Å². The number of amides is 1. The molecule has 2 N–H and O–H groups in total. The summed E-state index contributed by atoms with van der Waals surface area (Å²) in [6.45, 7) is 1.71. The van der Waals surface area contributed by atoms with Gasteiger partial charge in [0.2, 0.25) is 5.91 Å². The minimum atomic E-state index is -0.533. The lowest BCUT2D eigenvalue weighted by molar-refractivity contribution is -0.132. The van der Waals surface area contributed by atoms with Gasteiger partial charge in [0.25, 0.3) is 0 Å². The third-order valence-corrected chi connectivity index (χ3v) is 5.38. The molecule has 2 aromatic rings. The summed E-state index contributed by atoms with van der Waals surface area (Å²) < 4.78 is 1.86. The predicted molar refractivity (Wildman–Crippen MR) is 92.5 cm³/mol. The van der Waals surface area contributed by atoms with Gasteiger partial charge in [-0.15, -0.1) is 0 Å². The highest BCUT2D eigenvalue weighted by molar-refractivity contribution is 5.85. The Morgan fingerprint density at radius 2 is 2.04 bits per heavy atom. The fraction of sp³-hybridized carbons (Fsp3) is 0.474. The zero-order valence-electron chi connectivity index (χ0n) is 13.8. The first-order chi connectivity index (χ1) is 11.8. The van der Waals surface area contributed by atoms with Crippen molar-refractivity contribution in [3.63, 3.8) is 0 Å². The van der Waals surface area contributed by atoms with E-state index in [1.165, 1.54) is 5.56 Å². The topological polar surface area (TPSA) is 59.0 Å². The summed E-state index contributed by atoms with van der Waals surface area (Å²) in [7, 11) is 0. The van der Waals surface area contributed by atoms with Crippen LogP contribution in [0.4, 0.5) is 0 Å². The number of hydrogen-bond acceptors (Lipinski definition) is 3. The summed E-state index contributed by atoms with van der Waals surface area (Å²) in [5, 5.41) is 11.0. The van der Waals surface area contributed by atoms with E-state index in [4.69, 9.17) is 0 Å². The van der Waals surface area contributed by atoms with Gasteiger partial charge in [0.15, 0.2) is 0 Å². The monoisotopic (exact) mass is 324 g/mol. The fourth-order valence-corrected chi connectivity index (χ4v) is 3.79. The van der Waals surface area contributed by atoms with E-state index in [9.17, 15) is 4.79 Å². The van der Waals surface area contributed by atoms with Gasteiger partial charge in [-0.05, 0) is 56.3 Å². The van der Waals surface area contributed by atoms with Gasteiger partial charge in [0.05, 0.1) is 0 Å². The molecule has 0 radical (unpaired) electrons. The number of rotatable bonds is 5. The van der Waals surface area contributed by atoms with E-state index in [0.717, 1.165) is 38.8 Å². The van der Waals surface area contributed by atoms with Crippen molar-refractivity contribution in [2.24, 2.45) is 5.92 Å². The molecular formula is C19H24N4O. The lowest BCUT2D eigenvalue weighted by Gasteiger charge is -2.36. The number of carbonyl (C=O) groups excluding carboxylic acids is 1. The van der Waals surface area contributed by atoms with Crippen molar-refractivity contribution in [2.45, 2.75) is 37.3 Å². The zero-order chi connectivity index (χ0) is 16.4. The highest BCUT2D eigenvalue weighted by Gasteiger charge is 2.46. The normalized spacial score (nSPS) is 25.2. The maximum Gasteiger partial charge on any atom is 0.248 e. The number of piperidine rings is 1. The lowest BCUT2D eigenvalue weighted by Crippen LogP contribution is -2.55. The second kappa shape index (κ2) is 6.40. The number of carbonyl (C=O) groups is 1. The van der Waals surface area contributed by atoms with Crippen molar-refractivity contribution in [2.75, 3.05) is 13.1 Å². The van der Waals surface area contributed by atoms with Crippen LogP contribution in [0.1, 0.15) is 24.8 Å². The molecule has 1 aromatic heterocycles. The molecule has 1 amide bonds. The van der Waals surface area contributed by atoms with Crippen molar-refractivity contribution >= 4 is 5.91 Å². The Bertz CT molecular complexity index is 677. The van der Waals surface area contributed by atoms with Gasteiger partial charge < -0.3 is 10.6 Å². The van der Waals surface area contributed by atoms with Gasteiger partial charge in [0.1, 0.15) is 5.54 Å². The van der Waals surface area contributed by atoms with Gasteiger partial charge in [-0.3, -0.25) is 9.48 Å². The van der Waals surface area contributed by atoms with E-state index >= 15 is 0 Å². The first-order valence-corrected chi connectivity index (χ1v) is 8.84. The Morgan fingerprint density at radius 3 is 2.75 bits per heavy atom. The van der Waals surface area contributed by atoms with Crippen LogP contribution in [0.3, 0.4) is 0 Å². The molecule has 126 valence electrons. The summed E-state index contributed by atoms with van der Waals surface area (Å²) >= 11 is 0. The van der Waals surface area contributed by atoms with E-state index in [-0.39, 0.29) is 5.91 Å². The number of hydrogen-bond donors (Lipinski definition) is 2. The number of benzene rings is 1. The quantitative estimate of drug-likeness (QED) is 0.880. The number of aromatic nitrogens is 2. The molecule has 1 saturated carbocycles. The SMILES string of the molecule is O=C(NC1CC1Cc1ccccc1)C1(n2cccn2)CCNCC1. The van der Waals surface area contributed by atoms with Crippen LogP contribution in [-0.4, -0.2) is 34.8 Å². The molecule has 5 nitrogen and oxygen atoms in total. The van der Waals surface area contributed by atoms with Crippen LogP contribution in [0, 0.1) is 5.92 Å². The molecule has 2 unspecified atom stereocenters. The fourth-order valence-electron chi connectivity index (χ4n) is 3.79. The molecule has 0 bridgehead atoms. The number of nitrogens with zero attached hydrogens (tertiary/aromatic N) is 2. The van der Waals surface area contributed by atoms with Crippen LogP contribution in [0.5, 0.6) is 0 Å². The maximum absolute atomic E-state index is 13.1. The van der Waals surface area contributed by atoms with Crippen molar-refractivity contribution in [1.29, 1.82) is 0 Å². The third kappa shape index (κ3) is 2.96. The van der Waals surface area contributed by atoms with Crippen LogP contribution < -0.4 is 10.6 Å². The molecule has 2 fully saturated rings. The number of nitrogens with one attached hydrogen (secondary N) is 2. The summed E-state index contributed by atoms with van der Waals surface area (Å²) in [6.07, 6.45) is 7.37. The van der Waals surface area contributed by atoms with Crippen LogP contribution in [0.2, 0.25) is 0 Å². The highest BCUT2D eigenvalue weighted by atomic mass is 16.2. The van der Waals surface area contributed by atoms with E-state index < -0.39 is 5.54 Å². The van der Waals surface area contributed by atoms with Crippen molar-refractivity contribution in [1.82, 2.24) is 20.4 Å². The summed E-state index contributed by atoms with van der Waals surface area (Å²) in [6, 6.07) is 12.7. The molecule has 5 heteroatoms. The predicted octanol–water partition coefficient (Wildman–Crippen LogP) is 1.71. The minimum Gasteiger partial charge on any atom is -0.351 e. The largest absolute Gasteiger partial charge is 0.351 e. The second-order valence-electron chi connectivity index (χ2n) is 7.00. The van der Waals surface area contributed by atoms with Crippen molar-refractivity contribution in [3.8, 4) is 0 Å². The minimum absolute atomic E-state index is 0.133. The Labute approximate surface area is 142 Å².